The molecule has 4 aromatic carbocycles. The molecule has 0 aromatic heterocycles. The van der Waals surface area contributed by atoms with Crippen LogP contribution in [0.2, 0.25) is 0 Å². The number of nitrogen functional groups attached to an aromatic ring is 4. The molecule has 4 aromatic rings. The highest BCUT2D eigenvalue weighted by atomic mass is 16.5. The molecule has 0 aliphatic carbocycles. The van der Waals surface area contributed by atoms with Crippen LogP contribution in [0.1, 0.15) is 38.8 Å². The van der Waals surface area contributed by atoms with Crippen molar-refractivity contribution in [1.29, 1.82) is 0 Å². The van der Waals surface area contributed by atoms with Crippen LogP contribution in [0.15, 0.2) is 84.9 Å². The largest absolute Gasteiger partial charge is 0.399 e. The van der Waals surface area contributed by atoms with Gasteiger partial charge in [0.05, 0.1) is 0 Å². The molecule has 0 aliphatic heterocycles. The minimum absolute atomic E-state index is 0.768. The molecular weight excluding hydrogens is 496 g/mol. The Labute approximate surface area is 241 Å². The van der Waals surface area contributed by atoms with Gasteiger partial charge in [0.25, 0.3) is 0 Å². The molecule has 0 bridgehead atoms. The molecule has 40 heavy (non-hydrogen) atoms. The van der Waals surface area contributed by atoms with Crippen LogP contribution in [0.3, 0.4) is 0 Å². The van der Waals surface area contributed by atoms with Gasteiger partial charge in [-0.25, -0.2) is 0 Å². The zero-order chi connectivity index (χ0) is 29.9. The summed E-state index contributed by atoms with van der Waals surface area (Å²) in [5.74, 6) is 0. The quantitative estimate of drug-likeness (QED) is 0.184. The highest BCUT2D eigenvalue weighted by Gasteiger charge is 2.02. The summed E-state index contributed by atoms with van der Waals surface area (Å²) in [5, 5.41) is 0. The van der Waals surface area contributed by atoms with Crippen molar-refractivity contribution in [2.75, 3.05) is 49.4 Å². The second-order valence-electron chi connectivity index (χ2n) is 8.96. The van der Waals surface area contributed by atoms with E-state index in [9.17, 15) is 0 Å². The molecule has 0 heterocycles. The topological polar surface area (TPSA) is 123 Å². The zero-order valence-electron chi connectivity index (χ0n) is 25.0. The second-order valence-corrected chi connectivity index (χ2v) is 8.96. The van der Waals surface area contributed by atoms with E-state index < -0.39 is 0 Å². The monoisotopic (exact) mass is 544 g/mol. The number of hydrogen-bond donors (Lipinski definition) is 4. The van der Waals surface area contributed by atoms with Crippen LogP contribution in [-0.4, -0.2) is 26.4 Å². The van der Waals surface area contributed by atoms with E-state index in [1.54, 1.807) is 0 Å². The highest BCUT2D eigenvalue weighted by Crippen LogP contribution is 2.26. The van der Waals surface area contributed by atoms with Crippen molar-refractivity contribution in [2.45, 2.75) is 41.5 Å². The first kappa shape index (κ1) is 34.0. The van der Waals surface area contributed by atoms with Gasteiger partial charge >= 0.3 is 0 Å². The van der Waals surface area contributed by atoms with E-state index in [0.29, 0.717) is 0 Å². The molecule has 0 aliphatic rings. The normalized spacial score (nSPS) is 9.75. The maximum absolute atomic E-state index is 5.80. The van der Waals surface area contributed by atoms with E-state index in [-0.39, 0.29) is 0 Å². The Bertz CT molecular complexity index is 1170. The SMILES string of the molecule is CCOCC.CCOCC.Cc1cc(-c2ccc(N)c(C)c2)ccc1N.Nc1cccc(-c2cccc(N)c2)c1. The van der Waals surface area contributed by atoms with Crippen LogP contribution < -0.4 is 22.9 Å². The van der Waals surface area contributed by atoms with Crippen molar-refractivity contribution < 1.29 is 9.47 Å². The highest BCUT2D eigenvalue weighted by molar-refractivity contribution is 5.71. The minimum Gasteiger partial charge on any atom is -0.399 e. The summed E-state index contributed by atoms with van der Waals surface area (Å²) in [6.07, 6.45) is 0. The molecule has 0 amide bonds. The predicted molar refractivity (Wildman–Crippen MR) is 175 cm³/mol. The van der Waals surface area contributed by atoms with Crippen LogP contribution in [0.5, 0.6) is 0 Å². The fourth-order valence-corrected chi connectivity index (χ4v) is 3.56. The lowest BCUT2D eigenvalue weighted by Crippen LogP contribution is -1.91. The van der Waals surface area contributed by atoms with Gasteiger partial charge in [-0.2, -0.15) is 0 Å². The molecule has 6 nitrogen and oxygen atoms in total. The summed E-state index contributed by atoms with van der Waals surface area (Å²) < 4.78 is 9.67. The number of benzene rings is 4. The second kappa shape index (κ2) is 19.1. The molecular formula is C34H48N4O2. The van der Waals surface area contributed by atoms with E-state index in [0.717, 1.165) is 71.4 Å². The Kier molecular flexibility index (Phi) is 16.3. The van der Waals surface area contributed by atoms with Crippen molar-refractivity contribution in [1.82, 2.24) is 0 Å². The first-order valence-electron chi connectivity index (χ1n) is 13.8. The van der Waals surface area contributed by atoms with Gasteiger partial charge in [-0.15, -0.1) is 0 Å². The van der Waals surface area contributed by atoms with Gasteiger partial charge in [0.2, 0.25) is 0 Å². The molecule has 0 saturated carbocycles. The van der Waals surface area contributed by atoms with Gasteiger partial charge in [-0.3, -0.25) is 0 Å². The fourth-order valence-electron chi connectivity index (χ4n) is 3.56. The van der Waals surface area contributed by atoms with E-state index in [4.69, 9.17) is 32.4 Å². The van der Waals surface area contributed by atoms with Gasteiger partial charge in [0, 0.05) is 49.2 Å². The van der Waals surface area contributed by atoms with E-state index in [2.05, 4.69) is 12.1 Å². The van der Waals surface area contributed by atoms with Crippen LogP contribution in [0, 0.1) is 13.8 Å². The molecule has 4 rings (SSSR count). The lowest BCUT2D eigenvalue weighted by molar-refractivity contribution is 0.162. The van der Waals surface area contributed by atoms with Gasteiger partial charge in [0.15, 0.2) is 0 Å². The molecule has 0 radical (unpaired) electrons. The fraction of sp³-hybridized carbons (Fsp3) is 0.294. The molecule has 0 fully saturated rings. The minimum atomic E-state index is 0.768. The lowest BCUT2D eigenvalue weighted by Gasteiger charge is -2.07. The first-order valence-corrected chi connectivity index (χ1v) is 13.8. The average Bonchev–Trinajstić information content (AvgIpc) is 2.94. The first-order chi connectivity index (χ1) is 19.2. The number of rotatable bonds is 6. The van der Waals surface area contributed by atoms with Crippen LogP contribution in [-0.2, 0) is 9.47 Å². The predicted octanol–water partition coefficient (Wildman–Crippen LogP) is 7.74. The van der Waals surface area contributed by atoms with Crippen LogP contribution in [0.4, 0.5) is 22.7 Å². The molecule has 216 valence electrons. The third-order valence-corrected chi connectivity index (χ3v) is 5.80. The summed E-state index contributed by atoms with van der Waals surface area (Å²) in [7, 11) is 0. The van der Waals surface area contributed by atoms with E-state index in [1.165, 1.54) is 11.1 Å². The molecule has 6 heteroatoms. The number of aryl methyl sites for hydroxylation is 2. The number of anilines is 4. The Hall–Kier alpha value is -4.00. The van der Waals surface area contributed by atoms with E-state index >= 15 is 0 Å². The summed E-state index contributed by atoms with van der Waals surface area (Å²) >= 11 is 0. The van der Waals surface area contributed by atoms with Gasteiger partial charge in [-0.05, 0) is 123 Å². The van der Waals surface area contributed by atoms with Crippen LogP contribution >= 0.6 is 0 Å². The molecule has 8 N–H and O–H groups in total. The van der Waals surface area contributed by atoms with Gasteiger partial charge in [0.1, 0.15) is 0 Å². The number of hydrogen-bond acceptors (Lipinski definition) is 6. The van der Waals surface area contributed by atoms with Crippen molar-refractivity contribution in [3.63, 3.8) is 0 Å². The molecule has 0 saturated heterocycles. The van der Waals surface area contributed by atoms with Crippen molar-refractivity contribution in [3.05, 3.63) is 96.1 Å². The summed E-state index contributed by atoms with van der Waals surface area (Å²) in [5.41, 5.74) is 33.0. The number of ether oxygens (including phenoxy) is 2. The lowest BCUT2D eigenvalue weighted by atomic mass is 10.0. The number of nitrogens with two attached hydrogens (primary N) is 4. The van der Waals surface area contributed by atoms with Crippen LogP contribution in [0.25, 0.3) is 22.3 Å². The Morgan fingerprint density at radius 3 is 1.02 bits per heavy atom. The maximum atomic E-state index is 5.80. The molecule has 0 spiro atoms. The third-order valence-electron chi connectivity index (χ3n) is 5.80. The van der Waals surface area contributed by atoms with E-state index in [1.807, 2.05) is 114 Å². The standard InChI is InChI=1S/C14H16N2.C12H12N2.2C4H10O/c1-9-7-11(3-5-13(9)15)12-4-6-14(16)10(2)8-12;13-11-5-1-3-9(7-11)10-4-2-6-12(14)8-10;2*1-3-5-4-2/h3-8H,15-16H2,1-2H3;1-8H,13-14H2;2*3-4H2,1-2H3. The summed E-state index contributed by atoms with van der Waals surface area (Å²) in [4.78, 5) is 0. The maximum Gasteiger partial charge on any atom is 0.0437 e. The summed E-state index contributed by atoms with van der Waals surface area (Å²) in [6, 6.07) is 27.7. The Balaban J connectivity index is 0.000000303. The summed E-state index contributed by atoms with van der Waals surface area (Å²) in [6.45, 7) is 15.4. The Morgan fingerprint density at radius 1 is 0.450 bits per heavy atom. The zero-order valence-corrected chi connectivity index (χ0v) is 25.0. The van der Waals surface area contributed by atoms with Crippen molar-refractivity contribution in [3.8, 4) is 22.3 Å². The van der Waals surface area contributed by atoms with Gasteiger partial charge in [-0.1, -0.05) is 36.4 Å². The average molecular weight is 545 g/mol. The third kappa shape index (κ3) is 12.7. The van der Waals surface area contributed by atoms with Gasteiger partial charge < -0.3 is 32.4 Å². The van der Waals surface area contributed by atoms with Crippen molar-refractivity contribution in [2.24, 2.45) is 0 Å². The molecule has 0 atom stereocenters. The molecule has 0 unspecified atom stereocenters. The smallest absolute Gasteiger partial charge is 0.0437 e. The Morgan fingerprint density at radius 2 is 0.775 bits per heavy atom. The van der Waals surface area contributed by atoms with Crippen molar-refractivity contribution >= 4 is 22.7 Å².